The molecule has 2 aliphatic heterocycles. The van der Waals surface area contributed by atoms with Gasteiger partial charge in [0.1, 0.15) is 0 Å². The van der Waals surface area contributed by atoms with Gasteiger partial charge < -0.3 is 14.5 Å². The SMILES string of the molecule is CCOC(=O)N1CC2(CC(N3C[C@@H]4C(C(=O)N(CC)CC)[C@@H]4C3)C2)C1. The monoisotopic (exact) mass is 349 g/mol. The molecule has 2 saturated heterocycles. The molecular weight excluding hydrogens is 318 g/mol. The highest BCUT2D eigenvalue weighted by atomic mass is 16.6. The Balaban J connectivity index is 1.20. The minimum atomic E-state index is -0.156. The van der Waals surface area contributed by atoms with Gasteiger partial charge in [-0.3, -0.25) is 9.69 Å². The first kappa shape index (κ1) is 17.1. The summed E-state index contributed by atoms with van der Waals surface area (Å²) >= 11 is 0. The van der Waals surface area contributed by atoms with Gasteiger partial charge in [-0.05, 0) is 45.4 Å². The Bertz CT molecular complexity index is 536. The van der Waals surface area contributed by atoms with Gasteiger partial charge in [0.05, 0.1) is 6.61 Å². The highest BCUT2D eigenvalue weighted by molar-refractivity contribution is 5.82. The lowest BCUT2D eigenvalue weighted by Crippen LogP contribution is -2.67. The van der Waals surface area contributed by atoms with Crippen molar-refractivity contribution in [2.75, 3.05) is 45.9 Å². The van der Waals surface area contributed by atoms with Gasteiger partial charge in [-0.25, -0.2) is 4.79 Å². The van der Waals surface area contributed by atoms with Gasteiger partial charge in [0.15, 0.2) is 0 Å². The van der Waals surface area contributed by atoms with Gasteiger partial charge in [-0.15, -0.1) is 0 Å². The van der Waals surface area contributed by atoms with Gasteiger partial charge in [-0.2, -0.15) is 0 Å². The molecule has 1 spiro atoms. The molecule has 140 valence electrons. The number of fused-ring (bicyclic) bond motifs is 1. The summed E-state index contributed by atoms with van der Waals surface area (Å²) < 4.78 is 5.07. The van der Waals surface area contributed by atoms with E-state index in [1.165, 1.54) is 12.8 Å². The van der Waals surface area contributed by atoms with E-state index in [1.807, 2.05) is 16.7 Å². The van der Waals surface area contributed by atoms with Crippen LogP contribution in [-0.4, -0.2) is 78.6 Å². The summed E-state index contributed by atoms with van der Waals surface area (Å²) in [7, 11) is 0. The van der Waals surface area contributed by atoms with Crippen LogP contribution in [0.5, 0.6) is 0 Å². The van der Waals surface area contributed by atoms with Crippen LogP contribution in [0.15, 0.2) is 0 Å². The van der Waals surface area contributed by atoms with Crippen molar-refractivity contribution in [1.29, 1.82) is 0 Å². The molecule has 2 amide bonds. The van der Waals surface area contributed by atoms with E-state index in [4.69, 9.17) is 4.74 Å². The van der Waals surface area contributed by atoms with E-state index in [-0.39, 0.29) is 6.09 Å². The summed E-state index contributed by atoms with van der Waals surface area (Å²) in [6, 6.07) is 0.668. The summed E-state index contributed by atoms with van der Waals surface area (Å²) in [4.78, 5) is 30.6. The number of amides is 2. The predicted octanol–water partition coefficient (Wildman–Crippen LogP) is 1.65. The van der Waals surface area contributed by atoms with Crippen LogP contribution in [0.2, 0.25) is 0 Å². The molecule has 4 fully saturated rings. The van der Waals surface area contributed by atoms with Crippen molar-refractivity contribution in [3.63, 3.8) is 0 Å². The van der Waals surface area contributed by atoms with Crippen molar-refractivity contribution in [3.8, 4) is 0 Å². The highest BCUT2D eigenvalue weighted by Crippen LogP contribution is 2.57. The van der Waals surface area contributed by atoms with E-state index in [0.717, 1.165) is 39.3 Å². The molecule has 6 heteroatoms. The first-order valence-corrected chi connectivity index (χ1v) is 9.96. The minimum absolute atomic E-state index is 0.156. The van der Waals surface area contributed by atoms with Crippen LogP contribution >= 0.6 is 0 Å². The largest absolute Gasteiger partial charge is 0.450 e. The first-order chi connectivity index (χ1) is 12.0. The standard InChI is InChI=1S/C19H31N3O3/c1-4-20(5-2)17(23)16-14-9-21(10-15(14)16)13-7-19(8-13)11-22(12-19)18(24)25-6-3/h13-16H,4-12H2,1-3H3/t14-,15+,16?. The third kappa shape index (κ3) is 2.73. The van der Waals surface area contributed by atoms with Crippen LogP contribution in [-0.2, 0) is 9.53 Å². The van der Waals surface area contributed by atoms with E-state index < -0.39 is 0 Å². The predicted molar refractivity (Wildman–Crippen MR) is 94.0 cm³/mol. The molecule has 2 saturated carbocycles. The summed E-state index contributed by atoms with van der Waals surface area (Å²) in [6.45, 7) is 12.0. The Kier molecular flexibility index (Phi) is 4.21. The second-order valence-electron chi connectivity index (χ2n) is 8.43. The maximum absolute atomic E-state index is 12.5. The van der Waals surface area contributed by atoms with Crippen LogP contribution in [0.3, 0.4) is 0 Å². The number of carbonyl (C=O) groups excluding carboxylic acids is 2. The average molecular weight is 349 g/mol. The third-order valence-corrected chi connectivity index (χ3v) is 7.01. The Hall–Kier alpha value is -1.30. The second-order valence-corrected chi connectivity index (χ2v) is 8.43. The number of piperidine rings is 1. The van der Waals surface area contributed by atoms with Crippen molar-refractivity contribution < 1.29 is 14.3 Å². The molecule has 0 aromatic carbocycles. The Morgan fingerprint density at radius 3 is 2.20 bits per heavy atom. The third-order valence-electron chi connectivity index (χ3n) is 7.01. The summed E-state index contributed by atoms with van der Waals surface area (Å²) in [5.74, 6) is 1.88. The number of hydrogen-bond acceptors (Lipinski definition) is 4. The molecule has 2 heterocycles. The molecule has 1 unspecified atom stereocenters. The molecule has 25 heavy (non-hydrogen) atoms. The van der Waals surface area contributed by atoms with Gasteiger partial charge in [-0.1, -0.05) is 0 Å². The van der Waals surface area contributed by atoms with Crippen molar-refractivity contribution >= 4 is 12.0 Å². The van der Waals surface area contributed by atoms with Gasteiger partial charge in [0.2, 0.25) is 5.91 Å². The van der Waals surface area contributed by atoms with E-state index in [9.17, 15) is 9.59 Å². The smallest absolute Gasteiger partial charge is 0.409 e. The maximum atomic E-state index is 12.5. The molecule has 4 aliphatic rings. The molecule has 0 aromatic heterocycles. The highest BCUT2D eigenvalue weighted by Gasteiger charge is 2.63. The van der Waals surface area contributed by atoms with Crippen molar-refractivity contribution in [2.24, 2.45) is 23.2 Å². The zero-order valence-electron chi connectivity index (χ0n) is 15.7. The quantitative estimate of drug-likeness (QED) is 0.757. The molecule has 0 N–H and O–H groups in total. The van der Waals surface area contributed by atoms with Crippen LogP contribution in [0.4, 0.5) is 4.79 Å². The molecule has 2 aliphatic carbocycles. The summed E-state index contributed by atoms with van der Waals surface area (Å²) in [6.07, 6.45) is 2.25. The fraction of sp³-hybridized carbons (Fsp3) is 0.895. The fourth-order valence-corrected chi connectivity index (χ4v) is 5.53. The lowest BCUT2D eigenvalue weighted by atomic mass is 9.60. The second kappa shape index (κ2) is 6.15. The molecule has 3 atom stereocenters. The molecule has 0 bridgehead atoms. The molecule has 0 radical (unpaired) electrons. The van der Waals surface area contributed by atoms with E-state index in [2.05, 4.69) is 18.7 Å². The van der Waals surface area contributed by atoms with Gasteiger partial charge in [0.25, 0.3) is 0 Å². The van der Waals surface area contributed by atoms with Crippen molar-refractivity contribution in [3.05, 3.63) is 0 Å². The summed E-state index contributed by atoms with van der Waals surface area (Å²) in [5.41, 5.74) is 0.362. The van der Waals surface area contributed by atoms with Gasteiger partial charge >= 0.3 is 6.09 Å². The van der Waals surface area contributed by atoms with Gasteiger partial charge in [0, 0.05) is 56.6 Å². The number of ether oxygens (including phenoxy) is 1. The molecule has 0 aromatic rings. The van der Waals surface area contributed by atoms with Crippen LogP contribution < -0.4 is 0 Å². The van der Waals surface area contributed by atoms with Crippen LogP contribution in [0, 0.1) is 23.2 Å². The summed E-state index contributed by atoms with van der Waals surface area (Å²) in [5, 5.41) is 0. The number of hydrogen-bond donors (Lipinski definition) is 0. The molecular formula is C19H31N3O3. The lowest BCUT2D eigenvalue weighted by Gasteiger charge is -2.60. The normalized spacial score (nSPS) is 32.8. The first-order valence-electron chi connectivity index (χ1n) is 9.96. The average Bonchev–Trinajstić information content (AvgIpc) is 3.01. The van der Waals surface area contributed by atoms with Crippen molar-refractivity contribution in [2.45, 2.75) is 39.7 Å². The van der Waals surface area contributed by atoms with E-state index >= 15 is 0 Å². The number of likely N-dealkylation sites (tertiary alicyclic amines) is 2. The fourth-order valence-electron chi connectivity index (χ4n) is 5.53. The molecule has 6 nitrogen and oxygen atoms in total. The van der Waals surface area contributed by atoms with E-state index in [1.54, 1.807) is 0 Å². The van der Waals surface area contributed by atoms with E-state index in [0.29, 0.717) is 41.7 Å². The Labute approximate surface area is 150 Å². The minimum Gasteiger partial charge on any atom is -0.450 e. The number of nitrogens with zero attached hydrogens (tertiary/aromatic N) is 3. The Morgan fingerprint density at radius 1 is 1.08 bits per heavy atom. The zero-order valence-corrected chi connectivity index (χ0v) is 15.7. The maximum Gasteiger partial charge on any atom is 0.409 e. The number of carbonyl (C=O) groups is 2. The zero-order chi connectivity index (χ0) is 17.8. The molecule has 4 rings (SSSR count). The van der Waals surface area contributed by atoms with Crippen LogP contribution in [0.1, 0.15) is 33.6 Å². The topological polar surface area (TPSA) is 53.1 Å². The Morgan fingerprint density at radius 2 is 1.68 bits per heavy atom. The van der Waals surface area contributed by atoms with Crippen LogP contribution in [0.25, 0.3) is 0 Å². The van der Waals surface area contributed by atoms with Crippen molar-refractivity contribution in [1.82, 2.24) is 14.7 Å². The number of rotatable bonds is 5. The lowest BCUT2D eigenvalue weighted by molar-refractivity contribution is -0.133.